The number of rotatable bonds is 5. The summed E-state index contributed by atoms with van der Waals surface area (Å²) in [6.45, 7) is 1.47. The van der Waals surface area contributed by atoms with Crippen LogP contribution >= 0.6 is 0 Å². The maximum atomic E-state index is 12.9. The van der Waals surface area contributed by atoms with Crippen LogP contribution in [0.4, 0.5) is 13.2 Å². The van der Waals surface area contributed by atoms with Gasteiger partial charge in [0.2, 0.25) is 5.91 Å². The first-order valence-electron chi connectivity index (χ1n) is 8.81. The van der Waals surface area contributed by atoms with E-state index in [1.54, 1.807) is 0 Å². The Labute approximate surface area is 159 Å². The van der Waals surface area contributed by atoms with Crippen molar-refractivity contribution in [3.63, 3.8) is 0 Å². The molecule has 2 aromatic rings. The van der Waals surface area contributed by atoms with Gasteiger partial charge in [-0.05, 0) is 37.1 Å². The van der Waals surface area contributed by atoms with Gasteiger partial charge in [0.1, 0.15) is 5.76 Å². The van der Waals surface area contributed by atoms with Gasteiger partial charge in [-0.25, -0.2) is 0 Å². The molecular weight excluding hydrogens is 375 g/mol. The van der Waals surface area contributed by atoms with Crippen LogP contribution in [0.1, 0.15) is 29.0 Å². The summed E-state index contributed by atoms with van der Waals surface area (Å²) in [6.07, 6.45) is -3.12. The molecule has 9 heteroatoms. The average molecular weight is 395 g/mol. The second kappa shape index (κ2) is 8.05. The lowest BCUT2D eigenvalue weighted by atomic mass is 10.0. The minimum atomic E-state index is -4.45. The number of benzene rings is 1. The molecule has 1 aliphatic rings. The fraction of sp³-hybridized carbons (Fsp3) is 0.368. The van der Waals surface area contributed by atoms with Gasteiger partial charge in [0, 0.05) is 24.7 Å². The zero-order valence-electron chi connectivity index (χ0n) is 15.0. The summed E-state index contributed by atoms with van der Waals surface area (Å²) in [5.41, 5.74) is 4.63. The van der Waals surface area contributed by atoms with Crippen LogP contribution in [0.3, 0.4) is 0 Å². The molecule has 2 amide bonds. The number of alkyl halides is 3. The molecule has 3 rings (SSSR count). The summed E-state index contributed by atoms with van der Waals surface area (Å²) in [6, 6.07) is 7.58. The quantitative estimate of drug-likeness (QED) is 0.815. The number of amides is 2. The van der Waals surface area contributed by atoms with Gasteiger partial charge in [0.15, 0.2) is 5.76 Å². The van der Waals surface area contributed by atoms with Crippen molar-refractivity contribution in [3.05, 3.63) is 47.7 Å². The van der Waals surface area contributed by atoms with Crippen molar-refractivity contribution in [2.45, 2.75) is 25.1 Å². The van der Waals surface area contributed by atoms with Crippen molar-refractivity contribution in [2.24, 2.45) is 5.73 Å². The van der Waals surface area contributed by atoms with E-state index in [0.29, 0.717) is 25.9 Å². The van der Waals surface area contributed by atoms with Crippen LogP contribution in [0.2, 0.25) is 0 Å². The van der Waals surface area contributed by atoms with Gasteiger partial charge in [-0.1, -0.05) is 12.1 Å². The number of hydrogen-bond donors (Lipinski definition) is 2. The number of primary amides is 1. The Bertz CT molecular complexity index is 855. The van der Waals surface area contributed by atoms with Crippen molar-refractivity contribution < 1.29 is 27.2 Å². The molecule has 0 radical (unpaired) electrons. The Hall–Kier alpha value is -2.81. The number of piperidine rings is 1. The fourth-order valence-corrected chi connectivity index (χ4v) is 3.18. The number of nitrogens with one attached hydrogen (secondary N) is 1. The summed E-state index contributed by atoms with van der Waals surface area (Å²) in [7, 11) is 0. The van der Waals surface area contributed by atoms with Crippen molar-refractivity contribution in [3.8, 4) is 11.3 Å². The first kappa shape index (κ1) is 19.9. The number of nitrogens with zero attached hydrogens (tertiary/aromatic N) is 1. The highest BCUT2D eigenvalue weighted by Gasteiger charge is 2.30. The number of furan rings is 1. The molecule has 1 aromatic heterocycles. The van der Waals surface area contributed by atoms with Crippen LogP contribution in [0.25, 0.3) is 11.3 Å². The van der Waals surface area contributed by atoms with Gasteiger partial charge >= 0.3 is 6.18 Å². The third-order valence-electron chi connectivity index (χ3n) is 4.61. The molecule has 6 nitrogen and oxygen atoms in total. The lowest BCUT2D eigenvalue weighted by Gasteiger charge is -2.31. The fourth-order valence-electron chi connectivity index (χ4n) is 3.18. The highest BCUT2D eigenvalue weighted by atomic mass is 19.4. The maximum absolute atomic E-state index is 12.9. The summed E-state index contributed by atoms with van der Waals surface area (Å²) < 4.78 is 44.0. The third kappa shape index (κ3) is 4.92. The number of carbonyl (C=O) groups is 2. The summed E-state index contributed by atoms with van der Waals surface area (Å²) >= 11 is 0. The zero-order valence-corrected chi connectivity index (χ0v) is 15.0. The van der Waals surface area contributed by atoms with Gasteiger partial charge in [0.05, 0.1) is 12.1 Å². The van der Waals surface area contributed by atoms with E-state index >= 15 is 0 Å². The number of carbonyl (C=O) groups excluding carboxylic acids is 2. The van der Waals surface area contributed by atoms with E-state index in [0.717, 1.165) is 12.1 Å². The normalized spacial score (nSPS) is 16.1. The predicted octanol–water partition coefficient (Wildman–Crippen LogP) is 2.64. The second-order valence-electron chi connectivity index (χ2n) is 6.73. The average Bonchev–Trinajstić information content (AvgIpc) is 3.13. The van der Waals surface area contributed by atoms with E-state index in [4.69, 9.17) is 10.2 Å². The molecule has 2 heterocycles. The van der Waals surface area contributed by atoms with E-state index in [2.05, 4.69) is 5.32 Å². The SMILES string of the molecule is NC(=O)CN1CCC(NC(=O)c2ccc(-c3cccc(C(F)(F)F)c3)o2)CC1. The lowest BCUT2D eigenvalue weighted by molar-refractivity contribution is -0.137. The first-order valence-corrected chi connectivity index (χ1v) is 8.81. The highest BCUT2D eigenvalue weighted by molar-refractivity contribution is 5.92. The molecule has 150 valence electrons. The first-order chi connectivity index (χ1) is 13.2. The van der Waals surface area contributed by atoms with E-state index < -0.39 is 17.6 Å². The Morgan fingerprint density at radius 2 is 1.89 bits per heavy atom. The van der Waals surface area contributed by atoms with Crippen LogP contribution in [0.15, 0.2) is 40.8 Å². The molecule has 1 fully saturated rings. The number of hydrogen-bond acceptors (Lipinski definition) is 4. The van der Waals surface area contributed by atoms with E-state index in [9.17, 15) is 22.8 Å². The Morgan fingerprint density at radius 3 is 2.54 bits per heavy atom. The molecule has 28 heavy (non-hydrogen) atoms. The molecule has 0 atom stereocenters. The summed E-state index contributed by atoms with van der Waals surface area (Å²) in [4.78, 5) is 25.2. The monoisotopic (exact) mass is 395 g/mol. The highest BCUT2D eigenvalue weighted by Crippen LogP contribution is 2.32. The largest absolute Gasteiger partial charge is 0.451 e. The minimum absolute atomic E-state index is 0.0342. The van der Waals surface area contributed by atoms with Gasteiger partial charge in [-0.2, -0.15) is 13.2 Å². The Kier molecular flexibility index (Phi) is 5.73. The molecule has 1 aliphatic heterocycles. The number of halogens is 3. The molecule has 0 bridgehead atoms. The van der Waals surface area contributed by atoms with E-state index in [1.807, 2.05) is 4.90 Å². The lowest BCUT2D eigenvalue weighted by Crippen LogP contribution is -2.46. The predicted molar refractivity (Wildman–Crippen MR) is 95.3 cm³/mol. The zero-order chi connectivity index (χ0) is 20.3. The third-order valence-corrected chi connectivity index (χ3v) is 4.61. The van der Waals surface area contributed by atoms with Crippen molar-refractivity contribution in [1.82, 2.24) is 10.2 Å². The van der Waals surface area contributed by atoms with Crippen molar-refractivity contribution >= 4 is 11.8 Å². The Balaban J connectivity index is 1.61. The summed E-state index contributed by atoms with van der Waals surface area (Å²) in [5.74, 6) is -0.591. The summed E-state index contributed by atoms with van der Waals surface area (Å²) in [5, 5.41) is 2.85. The smallest absolute Gasteiger partial charge is 0.416 e. The molecule has 1 saturated heterocycles. The van der Waals surface area contributed by atoms with Crippen LogP contribution in [-0.2, 0) is 11.0 Å². The van der Waals surface area contributed by atoms with Crippen LogP contribution in [-0.4, -0.2) is 42.4 Å². The number of nitrogens with two attached hydrogens (primary N) is 1. The number of likely N-dealkylation sites (tertiary alicyclic amines) is 1. The van der Waals surface area contributed by atoms with Crippen LogP contribution < -0.4 is 11.1 Å². The van der Waals surface area contributed by atoms with Crippen molar-refractivity contribution in [2.75, 3.05) is 19.6 Å². The molecule has 1 aromatic carbocycles. The topological polar surface area (TPSA) is 88.6 Å². The minimum Gasteiger partial charge on any atom is -0.451 e. The van der Waals surface area contributed by atoms with E-state index in [-0.39, 0.29) is 35.6 Å². The van der Waals surface area contributed by atoms with Crippen LogP contribution in [0, 0.1) is 0 Å². The molecule has 0 saturated carbocycles. The maximum Gasteiger partial charge on any atom is 0.416 e. The Morgan fingerprint density at radius 1 is 1.18 bits per heavy atom. The van der Waals surface area contributed by atoms with E-state index in [1.165, 1.54) is 24.3 Å². The van der Waals surface area contributed by atoms with Crippen molar-refractivity contribution in [1.29, 1.82) is 0 Å². The molecule has 3 N–H and O–H groups in total. The van der Waals surface area contributed by atoms with Crippen LogP contribution in [0.5, 0.6) is 0 Å². The van der Waals surface area contributed by atoms with Gasteiger partial charge < -0.3 is 15.5 Å². The van der Waals surface area contributed by atoms with Gasteiger partial charge in [0.25, 0.3) is 5.91 Å². The molecular formula is C19H20F3N3O3. The van der Waals surface area contributed by atoms with Gasteiger partial charge in [-0.3, -0.25) is 14.5 Å². The molecule has 0 aliphatic carbocycles. The van der Waals surface area contributed by atoms with Gasteiger partial charge in [-0.15, -0.1) is 0 Å². The molecule has 0 unspecified atom stereocenters. The second-order valence-corrected chi connectivity index (χ2v) is 6.73. The molecule has 0 spiro atoms. The standard InChI is InChI=1S/C19H20F3N3O3/c20-19(21,22)13-3-1-2-12(10-13)15-4-5-16(28-15)18(27)24-14-6-8-25(9-7-14)11-17(23)26/h1-5,10,14H,6-9,11H2,(H2,23,26)(H,24,27).